The van der Waals surface area contributed by atoms with Gasteiger partial charge in [-0.2, -0.15) is 0 Å². The summed E-state index contributed by atoms with van der Waals surface area (Å²) in [5.41, 5.74) is 1.75. The number of para-hydroxylation sites is 2. The van der Waals surface area contributed by atoms with Crippen LogP contribution in [-0.2, 0) is 9.47 Å². The van der Waals surface area contributed by atoms with Gasteiger partial charge in [0.1, 0.15) is 0 Å². The van der Waals surface area contributed by atoms with Gasteiger partial charge in [0.15, 0.2) is 0 Å². The lowest BCUT2D eigenvalue weighted by Crippen LogP contribution is -2.18. The van der Waals surface area contributed by atoms with Gasteiger partial charge in [-0.3, -0.25) is 9.44 Å². The van der Waals surface area contributed by atoms with Crippen molar-refractivity contribution in [3.63, 3.8) is 0 Å². The first kappa shape index (κ1) is 18.1. The fourth-order valence-electron chi connectivity index (χ4n) is 1.29. The van der Waals surface area contributed by atoms with Crippen LogP contribution in [0.25, 0.3) is 0 Å². The van der Waals surface area contributed by atoms with E-state index >= 15 is 0 Å². The maximum atomic E-state index is 10.9. The third kappa shape index (κ3) is 7.18. The van der Waals surface area contributed by atoms with E-state index < -0.39 is 12.2 Å². The van der Waals surface area contributed by atoms with E-state index in [1.165, 1.54) is 38.1 Å². The van der Waals surface area contributed by atoms with Crippen LogP contribution in [0.1, 0.15) is 0 Å². The monoisotopic (exact) mass is 346 g/mol. The molecule has 0 atom stereocenters. The van der Waals surface area contributed by atoms with Crippen molar-refractivity contribution in [2.75, 3.05) is 36.6 Å². The second-order valence-electron chi connectivity index (χ2n) is 3.66. The Labute approximate surface area is 137 Å². The topological polar surface area (TPSA) is 101 Å². The highest BCUT2D eigenvalue weighted by Crippen LogP contribution is 2.21. The summed E-state index contributed by atoms with van der Waals surface area (Å²) in [6.07, 6.45) is -0.994. The molecule has 8 nitrogen and oxygen atoms in total. The standard InChI is InChI=1S/C12H18N4O4S2/c1-19-11(17)15-21-7-13-9-5-3-4-6-10(9)14-8-22-16-12(18)20-2/h3-6,13-14H,7-8H2,1-2H3,(H,15,17)(H,16,18). The summed E-state index contributed by atoms with van der Waals surface area (Å²) in [6, 6.07) is 7.59. The second kappa shape index (κ2) is 10.7. The molecule has 0 heterocycles. The van der Waals surface area contributed by atoms with Crippen LogP contribution in [0.4, 0.5) is 21.0 Å². The average molecular weight is 346 g/mol. The van der Waals surface area contributed by atoms with Gasteiger partial charge in [-0.25, -0.2) is 9.59 Å². The first-order valence-electron chi connectivity index (χ1n) is 6.15. The molecule has 1 rings (SSSR count). The second-order valence-corrected chi connectivity index (χ2v) is 5.23. The van der Waals surface area contributed by atoms with Crippen molar-refractivity contribution in [3.8, 4) is 0 Å². The Morgan fingerprint density at radius 3 is 1.68 bits per heavy atom. The molecule has 0 radical (unpaired) electrons. The lowest BCUT2D eigenvalue weighted by atomic mass is 10.3. The van der Waals surface area contributed by atoms with Crippen LogP contribution in [0, 0.1) is 0 Å². The number of rotatable bonds is 8. The molecule has 1 aromatic carbocycles. The first-order valence-corrected chi connectivity index (χ1v) is 8.12. The quantitative estimate of drug-likeness (QED) is 0.323. The summed E-state index contributed by atoms with van der Waals surface area (Å²) in [5, 5.41) is 6.32. The number of nitrogens with one attached hydrogen (secondary N) is 4. The van der Waals surface area contributed by atoms with Crippen molar-refractivity contribution in [1.82, 2.24) is 9.44 Å². The Bertz CT molecular complexity index is 447. The van der Waals surface area contributed by atoms with Crippen LogP contribution in [0.5, 0.6) is 0 Å². The van der Waals surface area contributed by atoms with Crippen molar-refractivity contribution in [2.24, 2.45) is 0 Å². The number of hydrogen-bond donors (Lipinski definition) is 4. The van der Waals surface area contributed by atoms with Gasteiger partial charge in [-0.1, -0.05) is 12.1 Å². The third-order valence-electron chi connectivity index (χ3n) is 2.28. The maximum absolute atomic E-state index is 10.9. The van der Waals surface area contributed by atoms with E-state index in [1.54, 1.807) is 0 Å². The zero-order valence-electron chi connectivity index (χ0n) is 12.2. The van der Waals surface area contributed by atoms with Crippen LogP contribution < -0.4 is 20.1 Å². The molecular weight excluding hydrogens is 328 g/mol. The summed E-state index contributed by atoms with van der Waals surface area (Å²) in [5.74, 6) is 0.947. The molecule has 0 aliphatic rings. The van der Waals surface area contributed by atoms with E-state index in [9.17, 15) is 9.59 Å². The Morgan fingerprint density at radius 2 is 1.32 bits per heavy atom. The normalized spacial score (nSPS) is 9.55. The van der Waals surface area contributed by atoms with Gasteiger partial charge in [0.2, 0.25) is 0 Å². The summed E-state index contributed by atoms with van der Waals surface area (Å²) in [4.78, 5) is 21.8. The Hall–Kier alpha value is -1.94. The zero-order chi connectivity index (χ0) is 16.2. The molecule has 2 amide bonds. The zero-order valence-corrected chi connectivity index (χ0v) is 13.8. The van der Waals surface area contributed by atoms with Gasteiger partial charge in [0, 0.05) is 0 Å². The van der Waals surface area contributed by atoms with Gasteiger partial charge in [-0.15, -0.1) is 0 Å². The molecular formula is C12H18N4O4S2. The minimum Gasteiger partial charge on any atom is -0.452 e. The highest BCUT2D eigenvalue weighted by atomic mass is 32.2. The SMILES string of the molecule is COC(=O)NSCNc1ccccc1NCSNC(=O)OC. The molecule has 0 aromatic heterocycles. The van der Waals surface area contributed by atoms with E-state index in [1.807, 2.05) is 24.3 Å². The number of methoxy groups -OCH3 is 2. The fourth-order valence-corrected chi connectivity index (χ4v) is 2.29. The molecule has 122 valence electrons. The Balaban J connectivity index is 2.35. The molecule has 0 aliphatic heterocycles. The highest BCUT2D eigenvalue weighted by Gasteiger charge is 2.03. The van der Waals surface area contributed by atoms with Crippen LogP contribution in [0.15, 0.2) is 24.3 Å². The predicted octanol–water partition coefficient (Wildman–Crippen LogP) is 2.43. The molecule has 0 fully saturated rings. The lowest BCUT2D eigenvalue weighted by molar-refractivity contribution is 0.177. The van der Waals surface area contributed by atoms with E-state index in [2.05, 4.69) is 29.6 Å². The molecule has 0 saturated carbocycles. The number of amides is 2. The van der Waals surface area contributed by atoms with Gasteiger partial charge < -0.3 is 20.1 Å². The molecule has 0 spiro atoms. The Morgan fingerprint density at radius 1 is 0.909 bits per heavy atom. The fraction of sp³-hybridized carbons (Fsp3) is 0.333. The molecule has 0 saturated heterocycles. The Kier molecular flexibility index (Phi) is 8.84. The van der Waals surface area contributed by atoms with E-state index in [4.69, 9.17) is 0 Å². The average Bonchev–Trinajstić information content (AvgIpc) is 2.56. The molecule has 0 aliphatic carbocycles. The van der Waals surface area contributed by atoms with Gasteiger partial charge in [0.25, 0.3) is 0 Å². The van der Waals surface area contributed by atoms with Crippen molar-refractivity contribution in [3.05, 3.63) is 24.3 Å². The number of hydrogen-bond acceptors (Lipinski definition) is 8. The van der Waals surface area contributed by atoms with Gasteiger partial charge >= 0.3 is 12.2 Å². The highest BCUT2D eigenvalue weighted by molar-refractivity contribution is 7.98. The van der Waals surface area contributed by atoms with Crippen molar-refractivity contribution < 1.29 is 19.1 Å². The lowest BCUT2D eigenvalue weighted by Gasteiger charge is -2.13. The number of ether oxygens (including phenoxy) is 2. The van der Waals surface area contributed by atoms with Gasteiger partial charge in [-0.05, 0) is 36.0 Å². The third-order valence-corrected chi connectivity index (χ3v) is 3.48. The number of carbonyl (C=O) groups is 2. The predicted molar refractivity (Wildman–Crippen MR) is 89.7 cm³/mol. The van der Waals surface area contributed by atoms with Crippen LogP contribution in [-0.4, -0.2) is 38.2 Å². The van der Waals surface area contributed by atoms with Crippen LogP contribution in [0.3, 0.4) is 0 Å². The number of benzene rings is 1. The summed E-state index contributed by atoms with van der Waals surface area (Å²) in [6.45, 7) is 0. The van der Waals surface area contributed by atoms with Crippen molar-refractivity contribution in [1.29, 1.82) is 0 Å². The molecule has 0 unspecified atom stereocenters. The minimum atomic E-state index is -0.497. The van der Waals surface area contributed by atoms with Crippen molar-refractivity contribution in [2.45, 2.75) is 0 Å². The van der Waals surface area contributed by atoms with E-state index in [0.717, 1.165) is 11.4 Å². The molecule has 4 N–H and O–H groups in total. The first-order chi connectivity index (χ1) is 10.7. The minimum absolute atomic E-state index is 0.474. The molecule has 1 aromatic rings. The van der Waals surface area contributed by atoms with Crippen molar-refractivity contribution >= 4 is 47.5 Å². The smallest absolute Gasteiger partial charge is 0.416 e. The maximum Gasteiger partial charge on any atom is 0.416 e. The van der Waals surface area contributed by atoms with Crippen LogP contribution >= 0.6 is 23.9 Å². The van der Waals surface area contributed by atoms with Crippen LogP contribution in [0.2, 0.25) is 0 Å². The molecule has 10 heteroatoms. The molecule has 22 heavy (non-hydrogen) atoms. The van der Waals surface area contributed by atoms with E-state index in [0.29, 0.717) is 11.8 Å². The summed E-state index contributed by atoms with van der Waals surface area (Å²) >= 11 is 2.37. The number of anilines is 2. The summed E-state index contributed by atoms with van der Waals surface area (Å²) in [7, 11) is 2.62. The van der Waals surface area contributed by atoms with Gasteiger partial charge in [0.05, 0.1) is 37.3 Å². The summed E-state index contributed by atoms with van der Waals surface area (Å²) < 4.78 is 13.9. The molecule has 0 bridgehead atoms. The largest absolute Gasteiger partial charge is 0.452 e. The number of carbonyl (C=O) groups excluding carboxylic acids is 2. The van der Waals surface area contributed by atoms with E-state index in [-0.39, 0.29) is 0 Å².